The minimum Gasteiger partial charge on any atom is -0.493 e. The van der Waals surface area contributed by atoms with E-state index >= 15 is 0 Å². The number of rotatable bonds is 5. The van der Waals surface area contributed by atoms with Gasteiger partial charge in [0.05, 0.1) is 12.1 Å². The zero-order chi connectivity index (χ0) is 12.1. The molecule has 3 heteroatoms. The SMILES string of the molecule is CC(=O)CCCOc1cccc2ncccc12. The molecular formula is C14H15NO2. The van der Waals surface area contributed by atoms with E-state index in [1.807, 2.05) is 30.3 Å². The molecule has 2 rings (SSSR count). The van der Waals surface area contributed by atoms with Crippen LogP contribution in [0.2, 0.25) is 0 Å². The van der Waals surface area contributed by atoms with Gasteiger partial charge in [0.15, 0.2) is 0 Å². The highest BCUT2D eigenvalue weighted by Gasteiger charge is 2.02. The summed E-state index contributed by atoms with van der Waals surface area (Å²) in [5.41, 5.74) is 0.927. The first-order chi connectivity index (χ1) is 8.27. The third-order valence-corrected chi connectivity index (χ3v) is 2.54. The van der Waals surface area contributed by atoms with Gasteiger partial charge >= 0.3 is 0 Å². The number of ketones is 1. The van der Waals surface area contributed by atoms with E-state index < -0.39 is 0 Å². The van der Waals surface area contributed by atoms with E-state index in [-0.39, 0.29) is 5.78 Å². The van der Waals surface area contributed by atoms with Gasteiger partial charge in [-0.15, -0.1) is 0 Å². The van der Waals surface area contributed by atoms with E-state index in [9.17, 15) is 4.79 Å². The molecule has 1 heterocycles. The maximum absolute atomic E-state index is 10.8. The van der Waals surface area contributed by atoms with Crippen LogP contribution in [0.5, 0.6) is 5.75 Å². The summed E-state index contributed by atoms with van der Waals surface area (Å²) in [6.07, 6.45) is 3.09. The van der Waals surface area contributed by atoms with E-state index in [1.54, 1.807) is 13.1 Å². The van der Waals surface area contributed by atoms with Crippen molar-refractivity contribution in [1.29, 1.82) is 0 Å². The highest BCUT2D eigenvalue weighted by molar-refractivity contribution is 5.84. The fourth-order valence-electron chi connectivity index (χ4n) is 1.70. The lowest BCUT2D eigenvalue weighted by atomic mass is 10.2. The third kappa shape index (κ3) is 3.03. The number of aromatic nitrogens is 1. The van der Waals surface area contributed by atoms with Crippen LogP contribution in [0.4, 0.5) is 0 Å². The van der Waals surface area contributed by atoms with E-state index in [2.05, 4.69) is 4.98 Å². The van der Waals surface area contributed by atoms with Crippen molar-refractivity contribution < 1.29 is 9.53 Å². The molecule has 0 fully saturated rings. The largest absolute Gasteiger partial charge is 0.493 e. The first-order valence-electron chi connectivity index (χ1n) is 5.73. The second-order valence-corrected chi connectivity index (χ2v) is 3.98. The summed E-state index contributed by atoms with van der Waals surface area (Å²) in [5.74, 6) is 1.03. The molecule has 0 atom stereocenters. The summed E-state index contributed by atoms with van der Waals surface area (Å²) in [7, 11) is 0. The van der Waals surface area contributed by atoms with E-state index in [1.165, 1.54) is 0 Å². The molecule has 2 aromatic rings. The van der Waals surface area contributed by atoms with Crippen LogP contribution >= 0.6 is 0 Å². The molecule has 0 aliphatic heterocycles. The van der Waals surface area contributed by atoms with Crippen molar-refractivity contribution in [2.45, 2.75) is 19.8 Å². The van der Waals surface area contributed by atoms with E-state index in [0.717, 1.165) is 23.1 Å². The van der Waals surface area contributed by atoms with E-state index in [0.29, 0.717) is 13.0 Å². The number of nitrogens with zero attached hydrogens (tertiary/aromatic N) is 1. The van der Waals surface area contributed by atoms with Gasteiger partial charge in [0.1, 0.15) is 11.5 Å². The van der Waals surface area contributed by atoms with Crippen molar-refractivity contribution in [1.82, 2.24) is 4.98 Å². The van der Waals surface area contributed by atoms with Crippen LogP contribution in [0.1, 0.15) is 19.8 Å². The average Bonchev–Trinajstić information content (AvgIpc) is 2.34. The molecule has 1 aromatic heterocycles. The molecule has 0 saturated heterocycles. The van der Waals surface area contributed by atoms with Crippen molar-refractivity contribution in [3.05, 3.63) is 36.5 Å². The Morgan fingerprint density at radius 3 is 3.00 bits per heavy atom. The first kappa shape index (κ1) is 11.6. The summed E-state index contributed by atoms with van der Waals surface area (Å²) in [4.78, 5) is 15.1. The van der Waals surface area contributed by atoms with Gasteiger partial charge in [-0.05, 0) is 37.6 Å². The fourth-order valence-corrected chi connectivity index (χ4v) is 1.70. The van der Waals surface area contributed by atoms with Crippen molar-refractivity contribution in [2.24, 2.45) is 0 Å². The van der Waals surface area contributed by atoms with Gasteiger partial charge < -0.3 is 9.53 Å². The Bertz CT molecular complexity index is 517. The molecule has 0 N–H and O–H groups in total. The molecule has 88 valence electrons. The maximum Gasteiger partial charge on any atom is 0.129 e. The molecule has 0 unspecified atom stereocenters. The molecule has 0 amide bonds. The van der Waals surface area contributed by atoms with Gasteiger partial charge in [-0.1, -0.05) is 6.07 Å². The van der Waals surface area contributed by atoms with Crippen LogP contribution in [-0.2, 0) is 4.79 Å². The number of carbonyl (C=O) groups excluding carboxylic acids is 1. The van der Waals surface area contributed by atoms with Crippen LogP contribution in [-0.4, -0.2) is 17.4 Å². The van der Waals surface area contributed by atoms with Crippen LogP contribution in [0.3, 0.4) is 0 Å². The van der Waals surface area contributed by atoms with Gasteiger partial charge in [-0.2, -0.15) is 0 Å². The molecule has 17 heavy (non-hydrogen) atoms. The van der Waals surface area contributed by atoms with Crippen molar-refractivity contribution >= 4 is 16.7 Å². The van der Waals surface area contributed by atoms with Gasteiger partial charge in [0.2, 0.25) is 0 Å². The Morgan fingerprint density at radius 1 is 1.29 bits per heavy atom. The van der Waals surface area contributed by atoms with Gasteiger partial charge in [-0.3, -0.25) is 4.98 Å². The quantitative estimate of drug-likeness (QED) is 0.740. The highest BCUT2D eigenvalue weighted by Crippen LogP contribution is 2.23. The Balaban J connectivity index is 2.05. The average molecular weight is 229 g/mol. The smallest absolute Gasteiger partial charge is 0.129 e. The second kappa shape index (κ2) is 5.43. The number of carbonyl (C=O) groups is 1. The minimum atomic E-state index is 0.202. The molecule has 0 radical (unpaired) electrons. The zero-order valence-corrected chi connectivity index (χ0v) is 9.85. The van der Waals surface area contributed by atoms with E-state index in [4.69, 9.17) is 4.74 Å². The second-order valence-electron chi connectivity index (χ2n) is 3.98. The number of Topliss-reactive ketones (excluding diaryl/α,β-unsaturated/α-hetero) is 1. The predicted molar refractivity (Wildman–Crippen MR) is 67.2 cm³/mol. The topological polar surface area (TPSA) is 39.2 Å². The lowest BCUT2D eigenvalue weighted by Crippen LogP contribution is -2.00. The van der Waals surface area contributed by atoms with Gasteiger partial charge in [0, 0.05) is 18.0 Å². The van der Waals surface area contributed by atoms with Crippen molar-refractivity contribution in [3.8, 4) is 5.75 Å². The molecule has 3 nitrogen and oxygen atoms in total. The Hall–Kier alpha value is -1.90. The molecule has 0 saturated carbocycles. The number of hydrogen-bond acceptors (Lipinski definition) is 3. The van der Waals surface area contributed by atoms with Gasteiger partial charge in [-0.25, -0.2) is 0 Å². The lowest BCUT2D eigenvalue weighted by molar-refractivity contribution is -0.117. The molecule has 1 aromatic carbocycles. The number of hydrogen-bond donors (Lipinski definition) is 0. The summed E-state index contributed by atoms with van der Waals surface area (Å²) in [6.45, 7) is 2.16. The summed E-state index contributed by atoms with van der Waals surface area (Å²) >= 11 is 0. The Morgan fingerprint density at radius 2 is 2.18 bits per heavy atom. The molecular weight excluding hydrogens is 214 g/mol. The number of ether oxygens (including phenoxy) is 1. The fraction of sp³-hybridized carbons (Fsp3) is 0.286. The van der Waals surface area contributed by atoms with Gasteiger partial charge in [0.25, 0.3) is 0 Å². The molecule has 0 bridgehead atoms. The minimum absolute atomic E-state index is 0.202. The Kier molecular flexibility index (Phi) is 3.70. The van der Waals surface area contributed by atoms with Crippen molar-refractivity contribution in [2.75, 3.05) is 6.61 Å². The first-order valence-corrected chi connectivity index (χ1v) is 5.73. The zero-order valence-electron chi connectivity index (χ0n) is 9.85. The lowest BCUT2D eigenvalue weighted by Gasteiger charge is -2.08. The third-order valence-electron chi connectivity index (χ3n) is 2.54. The maximum atomic E-state index is 10.8. The van der Waals surface area contributed by atoms with Crippen molar-refractivity contribution in [3.63, 3.8) is 0 Å². The number of benzene rings is 1. The normalized spacial score (nSPS) is 10.4. The number of pyridine rings is 1. The van der Waals surface area contributed by atoms with Crippen LogP contribution < -0.4 is 4.74 Å². The Labute approximate surface area is 100 Å². The highest BCUT2D eigenvalue weighted by atomic mass is 16.5. The summed E-state index contributed by atoms with van der Waals surface area (Å²) in [6, 6.07) is 9.69. The predicted octanol–water partition coefficient (Wildman–Crippen LogP) is 2.98. The van der Waals surface area contributed by atoms with Crippen LogP contribution in [0.25, 0.3) is 10.9 Å². The van der Waals surface area contributed by atoms with Crippen LogP contribution in [0, 0.1) is 0 Å². The molecule has 0 aliphatic carbocycles. The standard InChI is InChI=1S/C14H15NO2/c1-11(16)5-4-10-17-14-8-2-7-13-12(14)6-3-9-15-13/h2-3,6-9H,4-5,10H2,1H3. The molecule has 0 aliphatic rings. The number of fused-ring (bicyclic) bond motifs is 1. The van der Waals surface area contributed by atoms with Crippen LogP contribution in [0.15, 0.2) is 36.5 Å². The summed E-state index contributed by atoms with van der Waals surface area (Å²) in [5, 5.41) is 1.01. The monoisotopic (exact) mass is 229 g/mol. The summed E-state index contributed by atoms with van der Waals surface area (Å²) < 4.78 is 5.68. The molecule has 0 spiro atoms.